The summed E-state index contributed by atoms with van der Waals surface area (Å²) in [6.07, 6.45) is 24.3. The summed E-state index contributed by atoms with van der Waals surface area (Å²) in [5, 5.41) is 17.0. The topological polar surface area (TPSA) is 66.8 Å². The minimum absolute atomic E-state index is 0.00577. The molecule has 0 rings (SSSR count). The molecule has 0 heterocycles. The fourth-order valence-electron chi connectivity index (χ4n) is 2.24. The number of carboxylic acids is 1. The van der Waals surface area contributed by atoms with Gasteiger partial charge in [0.2, 0.25) is 0 Å². The first kappa shape index (κ1) is 22.4. The molecule has 0 bridgehead atoms. The molecule has 136 valence electrons. The number of aliphatic carboxylic acids is 1. The summed E-state index contributed by atoms with van der Waals surface area (Å²) in [6.45, 7) is 2.02. The molecule has 0 aromatic carbocycles. The molecule has 4 nitrogen and oxygen atoms in total. The molecule has 0 aliphatic carbocycles. The Kier molecular flexibility index (Phi) is 16.5. The lowest BCUT2D eigenvalue weighted by atomic mass is 10.1. The number of carboxylic acid groups (broad SMARTS) is 1. The van der Waals surface area contributed by atoms with Gasteiger partial charge in [0.25, 0.3) is 0 Å². The molecule has 0 aromatic rings. The van der Waals surface area contributed by atoms with E-state index >= 15 is 0 Å². The van der Waals surface area contributed by atoms with Crippen LogP contribution >= 0.6 is 0 Å². The third-order valence-electron chi connectivity index (χ3n) is 3.68. The lowest BCUT2D eigenvalue weighted by Gasteiger charge is -2.09. The van der Waals surface area contributed by atoms with Crippen LogP contribution in [0.15, 0.2) is 48.6 Å². The highest BCUT2D eigenvalue weighted by molar-refractivity contribution is 5.80. The molecule has 0 aliphatic rings. The van der Waals surface area contributed by atoms with Gasteiger partial charge in [0.1, 0.15) is 0 Å². The highest BCUT2D eigenvalue weighted by Crippen LogP contribution is 2.12. The average molecular weight is 336 g/mol. The van der Waals surface area contributed by atoms with Gasteiger partial charge in [-0.2, -0.15) is 0 Å². The summed E-state index contributed by atoms with van der Waals surface area (Å²) in [4.78, 5) is 14.6. The van der Waals surface area contributed by atoms with E-state index in [2.05, 4.69) is 11.0 Å². The molecular weight excluding hydrogens is 304 g/mol. The van der Waals surface area contributed by atoms with Crippen LogP contribution in [0.2, 0.25) is 0 Å². The van der Waals surface area contributed by atoms with Gasteiger partial charge in [-0.15, -0.1) is 0 Å². The molecule has 0 saturated carbocycles. The number of unbranched alkanes of at least 4 members (excludes halogenated alkanes) is 6. The molecule has 0 aromatic heterocycles. The Balaban J connectivity index is 3.42. The maximum atomic E-state index is 10.2. The monoisotopic (exact) mass is 336 g/mol. The standard InChI is InChI=1S/C20H32O4/c1-2-19(24-23)17-15-13-11-9-7-5-3-4-6-8-10-12-14-16-18-20(21)22/h4,6,8,10,12,14,16,18-19,23H,2-3,5,7,9,11,13,15,17H2,1H3,(H,21,22). The van der Waals surface area contributed by atoms with Gasteiger partial charge in [0, 0.05) is 6.08 Å². The van der Waals surface area contributed by atoms with Crippen LogP contribution in [-0.4, -0.2) is 22.4 Å². The fourth-order valence-corrected chi connectivity index (χ4v) is 2.24. The van der Waals surface area contributed by atoms with Gasteiger partial charge in [-0.05, 0) is 25.7 Å². The zero-order valence-corrected chi connectivity index (χ0v) is 14.8. The molecular formula is C20H32O4. The van der Waals surface area contributed by atoms with Crippen LogP contribution < -0.4 is 0 Å². The van der Waals surface area contributed by atoms with E-state index in [4.69, 9.17) is 10.4 Å². The SMILES string of the molecule is CCC(CCCCCCCCC=CC=CC=CC=CC(=O)O)OO. The van der Waals surface area contributed by atoms with Gasteiger partial charge in [-0.25, -0.2) is 9.68 Å². The van der Waals surface area contributed by atoms with Gasteiger partial charge in [-0.3, -0.25) is 5.26 Å². The number of rotatable bonds is 15. The summed E-state index contributed by atoms with van der Waals surface area (Å²) in [5.74, 6) is -0.937. The molecule has 2 N–H and O–H groups in total. The van der Waals surface area contributed by atoms with Gasteiger partial charge >= 0.3 is 5.97 Å². The summed E-state index contributed by atoms with van der Waals surface area (Å²) in [6, 6.07) is 0. The van der Waals surface area contributed by atoms with Crippen molar-refractivity contribution in [3.05, 3.63) is 48.6 Å². The van der Waals surface area contributed by atoms with E-state index in [9.17, 15) is 4.79 Å². The molecule has 1 atom stereocenters. The maximum Gasteiger partial charge on any atom is 0.328 e. The smallest absolute Gasteiger partial charge is 0.328 e. The molecule has 0 spiro atoms. The van der Waals surface area contributed by atoms with Crippen LogP contribution in [0.25, 0.3) is 0 Å². The van der Waals surface area contributed by atoms with Crippen LogP contribution in [0.3, 0.4) is 0 Å². The third-order valence-corrected chi connectivity index (χ3v) is 3.68. The molecule has 0 aliphatic heterocycles. The van der Waals surface area contributed by atoms with Crippen LogP contribution in [-0.2, 0) is 9.68 Å². The van der Waals surface area contributed by atoms with Crippen molar-refractivity contribution < 1.29 is 20.0 Å². The van der Waals surface area contributed by atoms with Gasteiger partial charge < -0.3 is 5.11 Å². The average Bonchev–Trinajstić information content (AvgIpc) is 2.57. The van der Waals surface area contributed by atoms with Gasteiger partial charge in [0.05, 0.1) is 6.10 Å². The van der Waals surface area contributed by atoms with Crippen molar-refractivity contribution in [3.8, 4) is 0 Å². The molecule has 0 fully saturated rings. The fraction of sp³-hybridized carbons (Fsp3) is 0.550. The highest BCUT2D eigenvalue weighted by Gasteiger charge is 2.04. The maximum absolute atomic E-state index is 10.2. The second kappa shape index (κ2) is 17.7. The minimum atomic E-state index is -0.937. The lowest BCUT2D eigenvalue weighted by molar-refractivity contribution is -0.280. The van der Waals surface area contributed by atoms with E-state index in [1.165, 1.54) is 38.2 Å². The van der Waals surface area contributed by atoms with Crippen LogP contribution in [0, 0.1) is 0 Å². The third kappa shape index (κ3) is 16.7. The second-order valence-electron chi connectivity index (χ2n) is 5.73. The predicted molar refractivity (Wildman–Crippen MR) is 98.9 cm³/mol. The Hall–Kier alpha value is -1.65. The van der Waals surface area contributed by atoms with Crippen molar-refractivity contribution >= 4 is 5.97 Å². The Morgan fingerprint density at radius 1 is 0.917 bits per heavy atom. The van der Waals surface area contributed by atoms with E-state index in [0.29, 0.717) is 0 Å². The molecule has 24 heavy (non-hydrogen) atoms. The van der Waals surface area contributed by atoms with Crippen molar-refractivity contribution in [3.63, 3.8) is 0 Å². The molecule has 0 saturated heterocycles. The highest BCUT2D eigenvalue weighted by atomic mass is 17.1. The predicted octanol–water partition coefficient (Wildman–Crippen LogP) is 5.68. The number of carbonyl (C=O) groups is 1. The van der Waals surface area contributed by atoms with E-state index in [-0.39, 0.29) is 6.10 Å². The van der Waals surface area contributed by atoms with Crippen molar-refractivity contribution in [1.29, 1.82) is 0 Å². The zero-order valence-electron chi connectivity index (χ0n) is 14.8. The Labute approximate surface area is 146 Å². The Morgan fingerprint density at radius 3 is 2.12 bits per heavy atom. The van der Waals surface area contributed by atoms with Crippen LogP contribution in [0.1, 0.15) is 64.7 Å². The lowest BCUT2D eigenvalue weighted by Crippen LogP contribution is -2.08. The summed E-state index contributed by atoms with van der Waals surface area (Å²) >= 11 is 0. The minimum Gasteiger partial charge on any atom is -0.478 e. The van der Waals surface area contributed by atoms with E-state index < -0.39 is 5.97 Å². The van der Waals surface area contributed by atoms with Crippen molar-refractivity contribution in [2.75, 3.05) is 0 Å². The Morgan fingerprint density at radius 2 is 1.50 bits per heavy atom. The summed E-state index contributed by atoms with van der Waals surface area (Å²) in [7, 11) is 0. The van der Waals surface area contributed by atoms with E-state index in [0.717, 1.165) is 31.8 Å². The normalized spacial score (nSPS) is 13.8. The molecule has 0 amide bonds. The summed E-state index contributed by atoms with van der Waals surface area (Å²) < 4.78 is 0. The van der Waals surface area contributed by atoms with Crippen molar-refractivity contribution in [2.24, 2.45) is 0 Å². The molecule has 4 heteroatoms. The number of hydrogen-bond acceptors (Lipinski definition) is 3. The summed E-state index contributed by atoms with van der Waals surface area (Å²) in [5.41, 5.74) is 0. The second-order valence-corrected chi connectivity index (χ2v) is 5.73. The molecule has 0 radical (unpaired) electrons. The van der Waals surface area contributed by atoms with Crippen LogP contribution in [0.5, 0.6) is 0 Å². The first-order valence-electron chi connectivity index (χ1n) is 8.90. The quantitative estimate of drug-likeness (QED) is 0.133. The van der Waals surface area contributed by atoms with Crippen molar-refractivity contribution in [2.45, 2.75) is 70.8 Å². The van der Waals surface area contributed by atoms with Gasteiger partial charge in [-0.1, -0.05) is 81.6 Å². The Bertz CT molecular complexity index is 404. The van der Waals surface area contributed by atoms with Crippen LogP contribution in [0.4, 0.5) is 0 Å². The zero-order chi connectivity index (χ0) is 17.9. The number of allylic oxidation sites excluding steroid dienone is 7. The largest absolute Gasteiger partial charge is 0.478 e. The van der Waals surface area contributed by atoms with Gasteiger partial charge in [0.15, 0.2) is 0 Å². The number of hydrogen-bond donors (Lipinski definition) is 2. The van der Waals surface area contributed by atoms with Crippen molar-refractivity contribution in [1.82, 2.24) is 0 Å². The van der Waals surface area contributed by atoms with E-state index in [1.54, 1.807) is 12.2 Å². The first-order valence-corrected chi connectivity index (χ1v) is 8.90. The first-order chi connectivity index (χ1) is 11.7. The molecule has 1 unspecified atom stereocenters. The van der Waals surface area contributed by atoms with E-state index in [1.807, 2.05) is 25.2 Å².